The highest BCUT2D eigenvalue weighted by atomic mass is 127. The Morgan fingerprint density at radius 1 is 0.920 bits per heavy atom. The second-order valence-electron chi connectivity index (χ2n) is 6.12. The van der Waals surface area contributed by atoms with Crippen molar-refractivity contribution in [2.75, 3.05) is 4.43 Å². The normalized spacial score (nSPS) is 26.5. The van der Waals surface area contributed by atoms with E-state index in [1.165, 1.54) is 0 Å². The SMILES string of the molecule is O[C@@H]1C[C@@H](OCc2ccccc2)[C@H](OCc2ccccc2)[C@@H](CI)O1. The van der Waals surface area contributed by atoms with E-state index in [0.717, 1.165) is 15.6 Å². The summed E-state index contributed by atoms with van der Waals surface area (Å²) in [7, 11) is 0. The van der Waals surface area contributed by atoms with Gasteiger partial charge in [0.25, 0.3) is 0 Å². The Bertz CT molecular complexity index is 622. The molecule has 1 aliphatic rings. The molecule has 5 heteroatoms. The zero-order valence-corrected chi connectivity index (χ0v) is 16.1. The molecular weight excluding hydrogens is 431 g/mol. The first-order valence-electron chi connectivity index (χ1n) is 8.47. The van der Waals surface area contributed by atoms with Crippen molar-refractivity contribution < 1.29 is 19.3 Å². The third-order valence-corrected chi connectivity index (χ3v) is 5.11. The lowest BCUT2D eigenvalue weighted by Gasteiger charge is -2.39. The molecular formula is C20H23IO4. The third-order valence-electron chi connectivity index (χ3n) is 4.24. The van der Waals surface area contributed by atoms with Crippen molar-refractivity contribution in [2.24, 2.45) is 0 Å². The Morgan fingerprint density at radius 3 is 2.04 bits per heavy atom. The fraction of sp³-hybridized carbons (Fsp3) is 0.400. The predicted molar refractivity (Wildman–Crippen MR) is 104 cm³/mol. The molecule has 1 fully saturated rings. The summed E-state index contributed by atoms with van der Waals surface area (Å²) in [6, 6.07) is 20.1. The lowest BCUT2D eigenvalue weighted by atomic mass is 10.0. The summed E-state index contributed by atoms with van der Waals surface area (Å²) >= 11 is 2.26. The van der Waals surface area contributed by atoms with Crippen LogP contribution in [0.3, 0.4) is 0 Å². The summed E-state index contributed by atoms with van der Waals surface area (Å²) < 4.78 is 18.7. The van der Waals surface area contributed by atoms with Crippen molar-refractivity contribution in [1.29, 1.82) is 0 Å². The van der Waals surface area contributed by atoms with Crippen LogP contribution in [0.15, 0.2) is 60.7 Å². The maximum atomic E-state index is 10.0. The van der Waals surface area contributed by atoms with Gasteiger partial charge in [0.15, 0.2) is 6.29 Å². The number of aliphatic hydroxyl groups excluding tert-OH is 1. The van der Waals surface area contributed by atoms with Crippen molar-refractivity contribution in [3.05, 3.63) is 71.8 Å². The van der Waals surface area contributed by atoms with Gasteiger partial charge in [-0.3, -0.25) is 0 Å². The zero-order chi connectivity index (χ0) is 17.5. The number of rotatable bonds is 7. The predicted octanol–water partition coefficient (Wildman–Crippen LogP) is 3.70. The molecule has 0 unspecified atom stereocenters. The van der Waals surface area contributed by atoms with Gasteiger partial charge in [-0.05, 0) is 11.1 Å². The van der Waals surface area contributed by atoms with Crippen molar-refractivity contribution in [1.82, 2.24) is 0 Å². The number of aliphatic hydroxyl groups is 1. The minimum Gasteiger partial charge on any atom is -0.371 e. The van der Waals surface area contributed by atoms with E-state index in [4.69, 9.17) is 14.2 Å². The topological polar surface area (TPSA) is 47.9 Å². The number of hydrogen-bond donors (Lipinski definition) is 1. The van der Waals surface area contributed by atoms with Crippen LogP contribution in [-0.2, 0) is 27.4 Å². The minimum absolute atomic E-state index is 0.186. The molecule has 1 N–H and O–H groups in total. The highest BCUT2D eigenvalue weighted by molar-refractivity contribution is 14.1. The second kappa shape index (κ2) is 9.64. The first-order valence-corrected chi connectivity index (χ1v) is 9.99. The number of benzene rings is 2. The van der Waals surface area contributed by atoms with Gasteiger partial charge in [0.2, 0.25) is 0 Å². The van der Waals surface area contributed by atoms with E-state index >= 15 is 0 Å². The average Bonchev–Trinajstić information content (AvgIpc) is 2.66. The summed E-state index contributed by atoms with van der Waals surface area (Å²) in [5.74, 6) is 0. The van der Waals surface area contributed by atoms with Crippen LogP contribution in [0.1, 0.15) is 17.5 Å². The highest BCUT2D eigenvalue weighted by Gasteiger charge is 2.39. The van der Waals surface area contributed by atoms with Crippen LogP contribution >= 0.6 is 22.6 Å². The molecule has 0 spiro atoms. The standard InChI is InChI=1S/C20H23IO4/c21-12-18-20(24-14-16-9-5-2-6-10-16)17(11-19(22)25-18)23-13-15-7-3-1-4-8-15/h1-10,17-20,22H,11-14H2/t17-,18-,19+,20+/m1/s1. The number of ether oxygens (including phenoxy) is 3. The number of alkyl halides is 1. The molecule has 1 aliphatic heterocycles. The van der Waals surface area contributed by atoms with Crippen LogP contribution < -0.4 is 0 Å². The molecule has 2 aromatic carbocycles. The lowest BCUT2D eigenvalue weighted by molar-refractivity contribution is -0.249. The first kappa shape index (κ1) is 18.8. The Hall–Kier alpha value is -0.990. The molecule has 4 atom stereocenters. The van der Waals surface area contributed by atoms with E-state index in [0.29, 0.717) is 19.6 Å². The largest absolute Gasteiger partial charge is 0.371 e. The second-order valence-corrected chi connectivity index (χ2v) is 7.00. The molecule has 2 aromatic rings. The smallest absolute Gasteiger partial charge is 0.157 e. The van der Waals surface area contributed by atoms with Crippen molar-refractivity contribution in [2.45, 2.75) is 44.2 Å². The third kappa shape index (κ3) is 5.49. The van der Waals surface area contributed by atoms with Crippen LogP contribution in [0, 0.1) is 0 Å². The summed E-state index contributed by atoms with van der Waals surface area (Å²) in [6.45, 7) is 1.00. The molecule has 134 valence electrons. The molecule has 0 aliphatic carbocycles. The van der Waals surface area contributed by atoms with Gasteiger partial charge in [0, 0.05) is 10.8 Å². The minimum atomic E-state index is -0.808. The Balaban J connectivity index is 1.65. The maximum absolute atomic E-state index is 10.0. The van der Waals surface area contributed by atoms with Crippen molar-refractivity contribution >= 4 is 22.6 Å². The van der Waals surface area contributed by atoms with E-state index in [1.54, 1.807) is 0 Å². The van der Waals surface area contributed by atoms with Crippen LogP contribution in [0.2, 0.25) is 0 Å². The maximum Gasteiger partial charge on any atom is 0.157 e. The van der Waals surface area contributed by atoms with E-state index in [1.807, 2.05) is 60.7 Å². The fourth-order valence-corrected chi connectivity index (χ4v) is 3.66. The Morgan fingerprint density at radius 2 is 1.48 bits per heavy atom. The summed E-state index contributed by atoms with van der Waals surface area (Å²) in [5, 5.41) is 10.0. The summed E-state index contributed by atoms with van der Waals surface area (Å²) in [5.41, 5.74) is 2.22. The molecule has 0 saturated carbocycles. The van der Waals surface area contributed by atoms with Gasteiger partial charge in [-0.2, -0.15) is 0 Å². The van der Waals surface area contributed by atoms with Gasteiger partial charge in [-0.1, -0.05) is 83.3 Å². The van der Waals surface area contributed by atoms with Gasteiger partial charge in [-0.15, -0.1) is 0 Å². The molecule has 0 aromatic heterocycles. The van der Waals surface area contributed by atoms with E-state index < -0.39 is 6.29 Å². The lowest BCUT2D eigenvalue weighted by Crippen LogP contribution is -2.51. The molecule has 1 heterocycles. The summed E-state index contributed by atoms with van der Waals surface area (Å²) in [4.78, 5) is 0. The van der Waals surface area contributed by atoms with E-state index in [-0.39, 0.29) is 18.3 Å². The van der Waals surface area contributed by atoms with Crippen LogP contribution in [0.5, 0.6) is 0 Å². The quantitative estimate of drug-likeness (QED) is 0.512. The average molecular weight is 454 g/mol. The van der Waals surface area contributed by atoms with Crippen LogP contribution in [-0.4, -0.2) is 34.1 Å². The summed E-state index contributed by atoms with van der Waals surface area (Å²) in [6.07, 6.45) is -0.984. The van der Waals surface area contributed by atoms with Crippen LogP contribution in [0.25, 0.3) is 0 Å². The molecule has 4 nitrogen and oxygen atoms in total. The van der Waals surface area contributed by atoms with Gasteiger partial charge >= 0.3 is 0 Å². The molecule has 0 bridgehead atoms. The number of hydrogen-bond acceptors (Lipinski definition) is 4. The van der Waals surface area contributed by atoms with Crippen molar-refractivity contribution in [3.63, 3.8) is 0 Å². The highest BCUT2D eigenvalue weighted by Crippen LogP contribution is 2.27. The Kier molecular flexibility index (Phi) is 7.24. The molecule has 25 heavy (non-hydrogen) atoms. The molecule has 0 amide bonds. The monoisotopic (exact) mass is 454 g/mol. The van der Waals surface area contributed by atoms with E-state index in [9.17, 15) is 5.11 Å². The van der Waals surface area contributed by atoms with Crippen LogP contribution in [0.4, 0.5) is 0 Å². The fourth-order valence-electron chi connectivity index (χ4n) is 2.95. The molecule has 0 radical (unpaired) electrons. The van der Waals surface area contributed by atoms with E-state index in [2.05, 4.69) is 22.6 Å². The zero-order valence-electron chi connectivity index (χ0n) is 14.0. The Labute approximate surface area is 162 Å². The van der Waals surface area contributed by atoms with Gasteiger partial charge in [-0.25, -0.2) is 0 Å². The van der Waals surface area contributed by atoms with Crippen molar-refractivity contribution in [3.8, 4) is 0 Å². The molecule has 3 rings (SSSR count). The molecule has 1 saturated heterocycles. The number of halogens is 1. The first-order chi connectivity index (χ1) is 12.3. The van der Waals surface area contributed by atoms with Gasteiger partial charge in [0.05, 0.1) is 25.4 Å². The van der Waals surface area contributed by atoms with Gasteiger partial charge < -0.3 is 19.3 Å². The van der Waals surface area contributed by atoms with Gasteiger partial charge in [0.1, 0.15) is 6.10 Å².